The molecule has 0 aliphatic heterocycles. The molecule has 3 aromatic carbocycles. The molecule has 29 heavy (non-hydrogen) atoms. The minimum absolute atomic E-state index is 0.416. The van der Waals surface area contributed by atoms with E-state index in [-0.39, 0.29) is 0 Å². The summed E-state index contributed by atoms with van der Waals surface area (Å²) in [7, 11) is 0. The Bertz CT molecular complexity index is 1110. The van der Waals surface area contributed by atoms with E-state index in [1.165, 1.54) is 11.8 Å². The molecular weight excluding hydrogens is 380 g/mol. The Labute approximate surface area is 173 Å². The van der Waals surface area contributed by atoms with Crippen LogP contribution in [0, 0.1) is 6.92 Å². The average molecular weight is 401 g/mol. The van der Waals surface area contributed by atoms with Crippen molar-refractivity contribution in [2.75, 3.05) is 0 Å². The summed E-state index contributed by atoms with van der Waals surface area (Å²) in [5.41, 5.74) is 9.60. The third kappa shape index (κ3) is 4.07. The van der Waals surface area contributed by atoms with E-state index in [0.717, 1.165) is 22.4 Å². The number of amides is 1. The normalized spacial score (nSPS) is 11.9. The summed E-state index contributed by atoms with van der Waals surface area (Å²) in [6.45, 7) is 2.04. The van der Waals surface area contributed by atoms with Crippen molar-refractivity contribution in [2.45, 2.75) is 17.3 Å². The van der Waals surface area contributed by atoms with E-state index < -0.39 is 11.2 Å². The molecule has 1 atom stereocenters. The van der Waals surface area contributed by atoms with Crippen LogP contribution < -0.4 is 5.73 Å². The third-order valence-electron chi connectivity index (χ3n) is 4.54. The number of primary amides is 1. The lowest BCUT2D eigenvalue weighted by Gasteiger charge is -2.15. The minimum Gasteiger partial charge on any atom is -0.368 e. The second kappa shape index (κ2) is 8.32. The van der Waals surface area contributed by atoms with Crippen LogP contribution >= 0.6 is 11.8 Å². The first-order valence-corrected chi connectivity index (χ1v) is 10.1. The van der Waals surface area contributed by atoms with Gasteiger partial charge < -0.3 is 5.73 Å². The van der Waals surface area contributed by atoms with Crippen LogP contribution in [0.25, 0.3) is 17.1 Å². The van der Waals surface area contributed by atoms with E-state index in [1.807, 2.05) is 96.4 Å². The average Bonchev–Trinajstić information content (AvgIpc) is 3.17. The van der Waals surface area contributed by atoms with Crippen LogP contribution in [0.3, 0.4) is 0 Å². The van der Waals surface area contributed by atoms with Gasteiger partial charge in [-0.3, -0.25) is 9.36 Å². The molecule has 1 aromatic heterocycles. The fourth-order valence-corrected chi connectivity index (χ4v) is 4.08. The minimum atomic E-state index is -0.562. The number of thioether (sulfide) groups is 1. The van der Waals surface area contributed by atoms with Crippen LogP contribution in [-0.4, -0.2) is 20.7 Å². The highest BCUT2D eigenvalue weighted by atomic mass is 32.2. The zero-order chi connectivity index (χ0) is 20.2. The number of rotatable bonds is 6. The van der Waals surface area contributed by atoms with Gasteiger partial charge in [-0.2, -0.15) is 0 Å². The van der Waals surface area contributed by atoms with Gasteiger partial charge in [0, 0.05) is 11.3 Å². The Morgan fingerprint density at radius 2 is 1.52 bits per heavy atom. The Morgan fingerprint density at radius 3 is 2.14 bits per heavy atom. The topological polar surface area (TPSA) is 73.8 Å². The summed E-state index contributed by atoms with van der Waals surface area (Å²) >= 11 is 1.31. The van der Waals surface area contributed by atoms with Crippen molar-refractivity contribution in [2.24, 2.45) is 5.73 Å². The van der Waals surface area contributed by atoms with Crippen molar-refractivity contribution in [1.29, 1.82) is 0 Å². The van der Waals surface area contributed by atoms with Gasteiger partial charge in [0.2, 0.25) is 5.91 Å². The number of carbonyl (C=O) groups is 1. The largest absolute Gasteiger partial charge is 0.368 e. The molecule has 144 valence electrons. The zero-order valence-corrected chi connectivity index (χ0v) is 16.7. The molecule has 0 aliphatic rings. The molecule has 0 saturated carbocycles. The van der Waals surface area contributed by atoms with Crippen molar-refractivity contribution < 1.29 is 4.79 Å². The molecule has 0 saturated heterocycles. The number of aromatic nitrogens is 3. The molecule has 0 radical (unpaired) electrons. The highest BCUT2D eigenvalue weighted by Crippen LogP contribution is 2.37. The molecule has 0 aliphatic carbocycles. The fraction of sp³-hybridized carbons (Fsp3) is 0.0870. The Balaban J connectivity index is 1.82. The summed E-state index contributed by atoms with van der Waals surface area (Å²) in [4.78, 5) is 12.2. The van der Waals surface area contributed by atoms with Crippen LogP contribution in [0.5, 0.6) is 0 Å². The van der Waals surface area contributed by atoms with Crippen LogP contribution in [0.4, 0.5) is 0 Å². The summed E-state index contributed by atoms with van der Waals surface area (Å²) in [6, 6.07) is 27.5. The van der Waals surface area contributed by atoms with E-state index in [2.05, 4.69) is 10.2 Å². The number of benzene rings is 3. The number of nitrogens with two attached hydrogens (primary N) is 1. The molecule has 0 fully saturated rings. The predicted molar refractivity (Wildman–Crippen MR) is 116 cm³/mol. The highest BCUT2D eigenvalue weighted by Gasteiger charge is 2.24. The molecule has 4 rings (SSSR count). The van der Waals surface area contributed by atoms with Gasteiger partial charge in [0.25, 0.3) is 0 Å². The monoisotopic (exact) mass is 400 g/mol. The molecule has 1 amide bonds. The summed E-state index contributed by atoms with van der Waals surface area (Å²) in [5.74, 6) is 0.300. The second-order valence-electron chi connectivity index (χ2n) is 6.65. The van der Waals surface area contributed by atoms with E-state index in [1.54, 1.807) is 0 Å². The molecule has 0 bridgehead atoms. The summed E-state index contributed by atoms with van der Waals surface area (Å²) in [6.07, 6.45) is 0. The lowest BCUT2D eigenvalue weighted by Crippen LogP contribution is -2.19. The van der Waals surface area contributed by atoms with Crippen molar-refractivity contribution in [3.8, 4) is 17.1 Å². The second-order valence-corrected chi connectivity index (χ2v) is 7.73. The summed E-state index contributed by atoms with van der Waals surface area (Å²) in [5, 5.41) is 8.89. The first-order valence-electron chi connectivity index (χ1n) is 9.22. The molecule has 1 unspecified atom stereocenters. The maximum absolute atomic E-state index is 12.2. The Morgan fingerprint density at radius 1 is 0.897 bits per heavy atom. The van der Waals surface area contributed by atoms with Crippen LogP contribution in [0.15, 0.2) is 90.1 Å². The molecule has 2 N–H and O–H groups in total. The van der Waals surface area contributed by atoms with E-state index in [4.69, 9.17) is 5.73 Å². The summed E-state index contributed by atoms with van der Waals surface area (Å²) < 4.78 is 1.97. The lowest BCUT2D eigenvalue weighted by molar-refractivity contribution is -0.117. The van der Waals surface area contributed by atoms with Gasteiger partial charge >= 0.3 is 0 Å². The van der Waals surface area contributed by atoms with Gasteiger partial charge in [0.1, 0.15) is 5.25 Å². The van der Waals surface area contributed by atoms with Gasteiger partial charge in [-0.1, -0.05) is 90.1 Å². The standard InChI is InChI=1S/C23H20N4OS/c1-16-12-14-19(15-13-16)27-22(18-10-6-3-7-11-18)25-26-23(27)29-20(21(24)28)17-8-4-2-5-9-17/h2-15,20H,1H3,(H2,24,28). The number of nitrogens with zero attached hydrogens (tertiary/aromatic N) is 3. The molecule has 1 heterocycles. The maximum atomic E-state index is 12.2. The number of aryl methyl sites for hydroxylation is 1. The number of hydrogen-bond donors (Lipinski definition) is 1. The van der Waals surface area contributed by atoms with Gasteiger partial charge in [-0.15, -0.1) is 10.2 Å². The first kappa shape index (κ1) is 19.0. The molecule has 4 aromatic rings. The van der Waals surface area contributed by atoms with Crippen molar-refractivity contribution >= 4 is 17.7 Å². The lowest BCUT2D eigenvalue weighted by atomic mass is 10.1. The van der Waals surface area contributed by atoms with E-state index >= 15 is 0 Å². The first-order chi connectivity index (χ1) is 14.1. The number of hydrogen-bond acceptors (Lipinski definition) is 4. The number of carbonyl (C=O) groups excluding carboxylic acids is 1. The molecule has 0 spiro atoms. The highest BCUT2D eigenvalue weighted by molar-refractivity contribution is 8.00. The van der Waals surface area contributed by atoms with Gasteiger partial charge in [-0.25, -0.2) is 0 Å². The van der Waals surface area contributed by atoms with Crippen molar-refractivity contribution in [3.05, 3.63) is 96.1 Å². The molecular formula is C23H20N4OS. The van der Waals surface area contributed by atoms with Gasteiger partial charge in [-0.05, 0) is 24.6 Å². The van der Waals surface area contributed by atoms with Crippen LogP contribution in [0.1, 0.15) is 16.4 Å². The van der Waals surface area contributed by atoms with E-state index in [9.17, 15) is 4.79 Å². The third-order valence-corrected chi connectivity index (χ3v) is 5.76. The molecule has 5 nitrogen and oxygen atoms in total. The zero-order valence-electron chi connectivity index (χ0n) is 15.9. The smallest absolute Gasteiger partial charge is 0.235 e. The SMILES string of the molecule is Cc1ccc(-n2c(SC(C(N)=O)c3ccccc3)nnc2-c2ccccc2)cc1. The van der Waals surface area contributed by atoms with E-state index in [0.29, 0.717) is 11.0 Å². The van der Waals surface area contributed by atoms with Crippen molar-refractivity contribution in [1.82, 2.24) is 14.8 Å². The predicted octanol–water partition coefficient (Wildman–Crippen LogP) is 4.56. The van der Waals surface area contributed by atoms with Gasteiger partial charge in [0.15, 0.2) is 11.0 Å². The Kier molecular flexibility index (Phi) is 5.44. The molecule has 6 heteroatoms. The van der Waals surface area contributed by atoms with Crippen molar-refractivity contribution in [3.63, 3.8) is 0 Å². The quantitative estimate of drug-likeness (QED) is 0.482. The van der Waals surface area contributed by atoms with Crippen LogP contribution in [0.2, 0.25) is 0 Å². The maximum Gasteiger partial charge on any atom is 0.235 e. The van der Waals surface area contributed by atoms with Gasteiger partial charge in [0.05, 0.1) is 0 Å². The fourth-order valence-electron chi connectivity index (χ4n) is 3.07. The van der Waals surface area contributed by atoms with Crippen LogP contribution in [-0.2, 0) is 4.79 Å². The Hall–Kier alpha value is -3.38.